The second-order valence-corrected chi connectivity index (χ2v) is 9.56. The Bertz CT molecular complexity index is 1430. The van der Waals surface area contributed by atoms with Crippen molar-refractivity contribution in [1.29, 1.82) is 0 Å². The monoisotopic (exact) mass is 514 g/mol. The van der Waals surface area contributed by atoms with Gasteiger partial charge in [-0.1, -0.05) is 38.9 Å². The highest BCUT2D eigenvalue weighted by atomic mass is 19.3. The molecule has 0 aliphatic carbocycles. The molecule has 4 aromatic rings. The normalized spacial score (nSPS) is 12.7. The van der Waals surface area contributed by atoms with Crippen molar-refractivity contribution >= 4 is 17.5 Å². The van der Waals surface area contributed by atoms with Crippen LogP contribution >= 0.6 is 0 Å². The lowest BCUT2D eigenvalue weighted by molar-refractivity contribution is 0.0960. The summed E-state index contributed by atoms with van der Waals surface area (Å²) in [6.45, 7) is 7.10. The van der Waals surface area contributed by atoms with E-state index < -0.39 is 34.9 Å². The number of halogens is 3. The molecular formula is C24H25F3N8O2. The van der Waals surface area contributed by atoms with Crippen LogP contribution in [-0.4, -0.2) is 40.7 Å². The molecule has 4 rings (SSSR count). The molecule has 3 aromatic heterocycles. The van der Waals surface area contributed by atoms with Gasteiger partial charge in [0, 0.05) is 31.1 Å². The maximum absolute atomic E-state index is 15.4. The standard InChI is InChI=1S/C24H25F3N8O2/c1-12(10-15(36)21-31-22(37-34-21)24(2,3)4)13-6-7-14(18(25)17(13)19(26)27)20-28-11-29-23(32-20)30-16-8-9-35(5)33-16/h6-9,11-12,19H,10H2,1-5H3,(H,28,29,30,32,33)/t12-/m0/s1. The lowest BCUT2D eigenvalue weighted by atomic mass is 9.89. The number of rotatable bonds is 8. The first-order valence-electron chi connectivity index (χ1n) is 11.4. The van der Waals surface area contributed by atoms with Gasteiger partial charge in [-0.05, 0) is 17.5 Å². The predicted molar refractivity (Wildman–Crippen MR) is 127 cm³/mol. The van der Waals surface area contributed by atoms with Crippen LogP contribution in [0, 0.1) is 5.82 Å². The first-order valence-corrected chi connectivity index (χ1v) is 11.4. The van der Waals surface area contributed by atoms with Gasteiger partial charge >= 0.3 is 0 Å². The number of benzene rings is 1. The van der Waals surface area contributed by atoms with Gasteiger partial charge in [0.05, 0.1) is 11.1 Å². The molecule has 0 unspecified atom stereocenters. The van der Waals surface area contributed by atoms with Crippen LogP contribution in [0.1, 0.15) is 74.1 Å². The number of ketones is 1. The predicted octanol–water partition coefficient (Wildman–Crippen LogP) is 5.15. The summed E-state index contributed by atoms with van der Waals surface area (Å²) < 4.78 is 50.3. The molecule has 37 heavy (non-hydrogen) atoms. The summed E-state index contributed by atoms with van der Waals surface area (Å²) in [7, 11) is 1.73. The molecule has 0 spiro atoms. The van der Waals surface area contributed by atoms with Gasteiger partial charge in [-0.25, -0.2) is 23.1 Å². The van der Waals surface area contributed by atoms with Crippen LogP contribution in [0.15, 0.2) is 35.2 Å². The molecule has 0 saturated heterocycles. The summed E-state index contributed by atoms with van der Waals surface area (Å²) in [6.07, 6.45) is -0.517. The molecule has 194 valence electrons. The van der Waals surface area contributed by atoms with Gasteiger partial charge < -0.3 is 9.84 Å². The minimum atomic E-state index is -3.14. The third-order valence-corrected chi connectivity index (χ3v) is 5.54. The number of Topliss-reactive ketones (excluding diaryl/α,β-unsaturated/α-hetero) is 1. The molecule has 1 atom stereocenters. The number of alkyl halides is 2. The van der Waals surface area contributed by atoms with Crippen molar-refractivity contribution in [2.24, 2.45) is 7.05 Å². The zero-order valence-electron chi connectivity index (χ0n) is 20.8. The third-order valence-electron chi connectivity index (χ3n) is 5.54. The van der Waals surface area contributed by atoms with Crippen LogP contribution in [0.3, 0.4) is 0 Å². The highest BCUT2D eigenvalue weighted by Crippen LogP contribution is 2.36. The molecule has 0 aliphatic heterocycles. The number of hydrogen-bond donors (Lipinski definition) is 1. The number of hydrogen-bond acceptors (Lipinski definition) is 9. The Labute approximate surface area is 210 Å². The van der Waals surface area contributed by atoms with Gasteiger partial charge in [-0.2, -0.15) is 15.1 Å². The highest BCUT2D eigenvalue weighted by Gasteiger charge is 2.29. The Morgan fingerprint density at radius 2 is 1.92 bits per heavy atom. The Kier molecular flexibility index (Phi) is 7.05. The first-order chi connectivity index (χ1) is 17.4. The van der Waals surface area contributed by atoms with Crippen LogP contribution in [0.5, 0.6) is 0 Å². The van der Waals surface area contributed by atoms with E-state index in [0.29, 0.717) is 5.82 Å². The topological polar surface area (TPSA) is 125 Å². The van der Waals surface area contributed by atoms with Crippen molar-refractivity contribution in [3.05, 3.63) is 59.4 Å². The third kappa shape index (κ3) is 5.65. The maximum Gasteiger partial charge on any atom is 0.266 e. The molecule has 13 heteroatoms. The zero-order valence-corrected chi connectivity index (χ0v) is 20.8. The second kappa shape index (κ2) is 10.1. The fourth-order valence-corrected chi connectivity index (χ4v) is 3.64. The minimum absolute atomic E-state index is 0.00923. The van der Waals surface area contributed by atoms with Crippen molar-refractivity contribution in [3.63, 3.8) is 0 Å². The fraction of sp³-hybridized carbons (Fsp3) is 0.375. The molecule has 1 N–H and O–H groups in total. The summed E-state index contributed by atoms with van der Waals surface area (Å²) in [5.41, 5.74) is -1.51. The average molecular weight is 515 g/mol. The summed E-state index contributed by atoms with van der Waals surface area (Å²) in [5.74, 6) is -1.92. The van der Waals surface area contributed by atoms with E-state index in [1.165, 1.54) is 12.1 Å². The summed E-state index contributed by atoms with van der Waals surface area (Å²) in [6, 6.07) is 4.34. The van der Waals surface area contributed by atoms with Crippen LogP contribution in [-0.2, 0) is 12.5 Å². The van der Waals surface area contributed by atoms with Crippen LogP contribution in [0.4, 0.5) is 24.9 Å². The van der Waals surface area contributed by atoms with Gasteiger partial charge in [0.2, 0.25) is 23.4 Å². The fourth-order valence-electron chi connectivity index (χ4n) is 3.64. The van der Waals surface area contributed by atoms with E-state index in [2.05, 4.69) is 35.5 Å². The van der Waals surface area contributed by atoms with E-state index in [-0.39, 0.29) is 41.0 Å². The van der Waals surface area contributed by atoms with Crippen molar-refractivity contribution < 1.29 is 22.5 Å². The number of nitrogens with zero attached hydrogens (tertiary/aromatic N) is 7. The Balaban J connectivity index is 1.61. The summed E-state index contributed by atoms with van der Waals surface area (Å²) in [4.78, 5) is 28.9. The Morgan fingerprint density at radius 3 is 2.54 bits per heavy atom. The van der Waals surface area contributed by atoms with Gasteiger partial charge in [-0.15, -0.1) is 0 Å². The Hall–Kier alpha value is -4.16. The molecule has 1 aromatic carbocycles. The lowest BCUT2D eigenvalue weighted by Gasteiger charge is -2.17. The van der Waals surface area contributed by atoms with Crippen LogP contribution in [0.25, 0.3) is 11.4 Å². The van der Waals surface area contributed by atoms with Gasteiger partial charge in [0.1, 0.15) is 12.1 Å². The number of aryl methyl sites for hydroxylation is 1. The zero-order chi connectivity index (χ0) is 26.9. The van der Waals surface area contributed by atoms with E-state index in [4.69, 9.17) is 4.52 Å². The number of aromatic nitrogens is 7. The number of carbonyl (C=O) groups excluding carboxylic acids is 1. The van der Waals surface area contributed by atoms with E-state index in [1.54, 1.807) is 30.9 Å². The van der Waals surface area contributed by atoms with Crippen molar-refractivity contribution in [2.75, 3.05) is 5.32 Å². The molecule has 3 heterocycles. The van der Waals surface area contributed by atoms with E-state index in [1.807, 2.05) is 20.8 Å². The summed E-state index contributed by atoms with van der Waals surface area (Å²) in [5, 5.41) is 10.7. The van der Waals surface area contributed by atoms with Crippen molar-refractivity contribution in [2.45, 2.75) is 51.9 Å². The van der Waals surface area contributed by atoms with Gasteiger partial charge in [-0.3, -0.25) is 9.48 Å². The average Bonchev–Trinajstić information content (AvgIpc) is 3.48. The van der Waals surface area contributed by atoms with Crippen LogP contribution in [0.2, 0.25) is 0 Å². The maximum atomic E-state index is 15.4. The molecule has 10 nitrogen and oxygen atoms in total. The molecule has 0 fully saturated rings. The largest absolute Gasteiger partial charge is 0.338 e. The Morgan fingerprint density at radius 1 is 1.16 bits per heavy atom. The van der Waals surface area contributed by atoms with Crippen LogP contribution < -0.4 is 5.32 Å². The summed E-state index contributed by atoms with van der Waals surface area (Å²) >= 11 is 0. The second-order valence-electron chi connectivity index (χ2n) is 9.56. The highest BCUT2D eigenvalue weighted by molar-refractivity contribution is 5.92. The molecule has 0 amide bonds. The van der Waals surface area contributed by atoms with Crippen molar-refractivity contribution in [3.8, 4) is 11.4 Å². The molecular weight excluding hydrogens is 489 g/mol. The molecule has 0 bridgehead atoms. The molecule has 0 saturated carbocycles. The molecule has 0 aliphatic rings. The van der Waals surface area contributed by atoms with E-state index >= 15 is 4.39 Å². The molecule has 0 radical (unpaired) electrons. The smallest absolute Gasteiger partial charge is 0.266 e. The van der Waals surface area contributed by atoms with E-state index in [9.17, 15) is 13.6 Å². The van der Waals surface area contributed by atoms with Crippen molar-refractivity contribution in [1.82, 2.24) is 34.9 Å². The number of carbonyl (C=O) groups is 1. The SMILES string of the molecule is C[C@@H](CC(=O)c1noc(C(C)(C)C)n1)c1ccc(-c2ncnc(Nc3ccn(C)n3)n2)c(F)c1C(F)F. The van der Waals surface area contributed by atoms with Gasteiger partial charge in [0.25, 0.3) is 6.43 Å². The number of nitrogens with one attached hydrogen (secondary N) is 1. The number of anilines is 2. The van der Waals surface area contributed by atoms with Gasteiger partial charge in [0.15, 0.2) is 11.6 Å². The quantitative estimate of drug-likeness (QED) is 0.318. The lowest BCUT2D eigenvalue weighted by Crippen LogP contribution is -2.13. The van der Waals surface area contributed by atoms with E-state index in [0.717, 1.165) is 6.33 Å². The minimum Gasteiger partial charge on any atom is -0.338 e. The first kappa shape index (κ1) is 25.9.